The second-order valence-electron chi connectivity index (χ2n) is 5.39. The number of hydrogen-bond donors (Lipinski definition) is 0. The predicted molar refractivity (Wildman–Crippen MR) is 77.2 cm³/mol. The highest BCUT2D eigenvalue weighted by atomic mass is 35.5. The van der Waals surface area contributed by atoms with E-state index in [1.54, 1.807) is 17.9 Å². The third kappa shape index (κ3) is 2.33. The van der Waals surface area contributed by atoms with Crippen molar-refractivity contribution in [2.45, 2.75) is 32.7 Å². The summed E-state index contributed by atoms with van der Waals surface area (Å²) in [6, 6.07) is -0.0122. The van der Waals surface area contributed by atoms with Crippen LogP contribution < -0.4 is 0 Å². The second-order valence-corrected chi connectivity index (χ2v) is 5.80. The molecule has 3 heterocycles. The number of nitrogens with zero attached hydrogens (tertiary/aromatic N) is 4. The monoisotopic (exact) mass is 308 g/mol. The van der Waals surface area contributed by atoms with Gasteiger partial charge in [-0.3, -0.25) is 9.48 Å². The Morgan fingerprint density at radius 2 is 2.24 bits per heavy atom. The van der Waals surface area contributed by atoms with Crippen LogP contribution in [-0.4, -0.2) is 32.3 Å². The van der Waals surface area contributed by atoms with Gasteiger partial charge in [-0.15, -0.1) is 0 Å². The third-order valence-corrected chi connectivity index (χ3v) is 4.20. The van der Waals surface area contributed by atoms with Crippen LogP contribution in [0, 0.1) is 13.8 Å². The molecule has 2 aromatic heterocycles. The molecule has 7 heteroatoms. The van der Waals surface area contributed by atoms with E-state index in [4.69, 9.17) is 16.1 Å². The molecular formula is C14H17ClN4O2. The van der Waals surface area contributed by atoms with Crippen LogP contribution in [-0.2, 0) is 7.05 Å². The summed E-state index contributed by atoms with van der Waals surface area (Å²) in [5.74, 6) is 0.632. The normalized spacial score (nSPS) is 18.5. The van der Waals surface area contributed by atoms with Crippen LogP contribution in [0.15, 0.2) is 10.7 Å². The van der Waals surface area contributed by atoms with E-state index in [1.165, 1.54) is 0 Å². The van der Waals surface area contributed by atoms with Crippen molar-refractivity contribution >= 4 is 17.5 Å². The maximum Gasteiger partial charge on any atom is 0.276 e. The van der Waals surface area contributed by atoms with Crippen molar-refractivity contribution in [1.29, 1.82) is 0 Å². The quantitative estimate of drug-likeness (QED) is 0.855. The van der Waals surface area contributed by atoms with Gasteiger partial charge in [0.15, 0.2) is 5.69 Å². The molecule has 0 aliphatic carbocycles. The minimum atomic E-state index is -0.136. The van der Waals surface area contributed by atoms with Crippen molar-refractivity contribution in [3.8, 4) is 0 Å². The molecule has 0 radical (unpaired) electrons. The van der Waals surface area contributed by atoms with Gasteiger partial charge in [-0.25, -0.2) is 0 Å². The highest BCUT2D eigenvalue weighted by molar-refractivity contribution is 6.33. The molecular weight excluding hydrogens is 292 g/mol. The first-order valence-electron chi connectivity index (χ1n) is 6.92. The van der Waals surface area contributed by atoms with Gasteiger partial charge in [-0.1, -0.05) is 16.8 Å². The number of hydrogen-bond acceptors (Lipinski definition) is 4. The van der Waals surface area contributed by atoms with E-state index in [9.17, 15) is 4.79 Å². The average Bonchev–Trinajstić information content (AvgIpc) is 3.09. The fourth-order valence-electron chi connectivity index (χ4n) is 3.02. The number of halogens is 1. The summed E-state index contributed by atoms with van der Waals surface area (Å²) in [7, 11) is 1.75. The largest absolute Gasteiger partial charge is 0.361 e. The number of aromatic nitrogens is 3. The third-order valence-electron chi connectivity index (χ3n) is 3.92. The first-order valence-corrected chi connectivity index (χ1v) is 7.29. The molecule has 112 valence electrons. The molecule has 0 spiro atoms. The number of carbonyl (C=O) groups is 1. The fraction of sp³-hybridized carbons (Fsp3) is 0.500. The molecule has 1 amide bonds. The first kappa shape index (κ1) is 14.1. The van der Waals surface area contributed by atoms with E-state index in [0.29, 0.717) is 17.3 Å². The SMILES string of the molecule is Cc1noc(C)c1[C@H]1CCCN1C(=O)c1nn(C)cc1Cl. The van der Waals surface area contributed by atoms with E-state index in [0.717, 1.165) is 29.9 Å². The molecule has 1 aliphatic heterocycles. The van der Waals surface area contributed by atoms with Crippen LogP contribution in [0.4, 0.5) is 0 Å². The molecule has 0 N–H and O–H groups in total. The Labute approximate surface area is 127 Å². The van der Waals surface area contributed by atoms with Gasteiger partial charge in [0.05, 0.1) is 16.8 Å². The molecule has 0 bridgehead atoms. The lowest BCUT2D eigenvalue weighted by atomic mass is 10.0. The lowest BCUT2D eigenvalue weighted by molar-refractivity contribution is 0.0728. The number of rotatable bonds is 2. The topological polar surface area (TPSA) is 64.2 Å². The lowest BCUT2D eigenvalue weighted by Crippen LogP contribution is -2.31. The maximum atomic E-state index is 12.7. The van der Waals surface area contributed by atoms with Crippen LogP contribution in [0.5, 0.6) is 0 Å². The van der Waals surface area contributed by atoms with Gasteiger partial charge in [0.1, 0.15) is 5.76 Å². The zero-order chi connectivity index (χ0) is 15.1. The van der Waals surface area contributed by atoms with Crippen molar-refractivity contribution in [3.63, 3.8) is 0 Å². The van der Waals surface area contributed by atoms with Gasteiger partial charge in [-0.05, 0) is 26.7 Å². The molecule has 3 rings (SSSR count). The highest BCUT2D eigenvalue weighted by Crippen LogP contribution is 2.36. The van der Waals surface area contributed by atoms with Crippen molar-refractivity contribution < 1.29 is 9.32 Å². The smallest absolute Gasteiger partial charge is 0.276 e. The number of amides is 1. The Bertz CT molecular complexity index is 672. The summed E-state index contributed by atoms with van der Waals surface area (Å²) >= 11 is 6.09. The molecule has 6 nitrogen and oxygen atoms in total. The minimum Gasteiger partial charge on any atom is -0.361 e. The van der Waals surface area contributed by atoms with E-state index >= 15 is 0 Å². The highest BCUT2D eigenvalue weighted by Gasteiger charge is 2.35. The van der Waals surface area contributed by atoms with Gasteiger partial charge < -0.3 is 9.42 Å². The summed E-state index contributed by atoms with van der Waals surface area (Å²) in [5, 5.41) is 8.54. The summed E-state index contributed by atoms with van der Waals surface area (Å²) in [6.45, 7) is 4.48. The van der Waals surface area contributed by atoms with Crippen molar-refractivity contribution in [1.82, 2.24) is 19.8 Å². The van der Waals surface area contributed by atoms with Gasteiger partial charge in [-0.2, -0.15) is 5.10 Å². The molecule has 0 unspecified atom stereocenters. The van der Waals surface area contributed by atoms with Crippen LogP contribution in [0.1, 0.15) is 46.4 Å². The molecule has 0 aromatic carbocycles. The molecule has 21 heavy (non-hydrogen) atoms. The number of aryl methyl sites for hydroxylation is 3. The Kier molecular flexibility index (Phi) is 3.49. The molecule has 0 saturated carbocycles. The van der Waals surface area contributed by atoms with Crippen molar-refractivity contribution in [2.24, 2.45) is 7.05 Å². The lowest BCUT2D eigenvalue weighted by Gasteiger charge is -2.24. The van der Waals surface area contributed by atoms with Crippen molar-refractivity contribution in [3.05, 3.63) is 33.9 Å². The zero-order valence-corrected chi connectivity index (χ0v) is 13.0. The number of carbonyl (C=O) groups excluding carboxylic acids is 1. The molecule has 2 aromatic rings. The Hall–Kier alpha value is -1.82. The Morgan fingerprint density at radius 3 is 2.81 bits per heavy atom. The Morgan fingerprint density at radius 1 is 1.48 bits per heavy atom. The second kappa shape index (κ2) is 5.18. The predicted octanol–water partition coefficient (Wildman–Crippen LogP) is 2.66. The first-order chi connectivity index (χ1) is 9.99. The van der Waals surface area contributed by atoms with Gasteiger partial charge in [0.2, 0.25) is 0 Å². The van der Waals surface area contributed by atoms with Crippen LogP contribution in [0.2, 0.25) is 5.02 Å². The standard InChI is InChI=1S/C14H17ClN4O2/c1-8-12(9(2)21-17-8)11-5-4-6-19(11)14(20)13-10(15)7-18(3)16-13/h7,11H,4-6H2,1-3H3/t11-/m1/s1. The van der Waals surface area contributed by atoms with Gasteiger partial charge in [0.25, 0.3) is 5.91 Å². The average molecular weight is 309 g/mol. The molecule has 1 atom stereocenters. The molecule has 1 aliphatic rings. The van der Waals surface area contributed by atoms with E-state index < -0.39 is 0 Å². The molecule has 1 saturated heterocycles. The summed E-state index contributed by atoms with van der Waals surface area (Å²) in [5.41, 5.74) is 2.15. The Balaban J connectivity index is 1.94. The fourth-order valence-corrected chi connectivity index (χ4v) is 3.28. The minimum absolute atomic E-state index is 0.0122. The van der Waals surface area contributed by atoms with Crippen molar-refractivity contribution in [2.75, 3.05) is 6.54 Å². The summed E-state index contributed by atoms with van der Waals surface area (Å²) in [6.07, 6.45) is 3.49. The molecule has 1 fully saturated rings. The van der Waals surface area contributed by atoms with Crippen LogP contribution >= 0.6 is 11.6 Å². The van der Waals surface area contributed by atoms with E-state index in [-0.39, 0.29) is 11.9 Å². The number of likely N-dealkylation sites (tertiary alicyclic amines) is 1. The van der Waals surface area contributed by atoms with Crippen LogP contribution in [0.3, 0.4) is 0 Å². The summed E-state index contributed by atoms with van der Waals surface area (Å²) < 4.78 is 6.79. The van der Waals surface area contributed by atoms with E-state index in [2.05, 4.69) is 10.3 Å². The van der Waals surface area contributed by atoms with Gasteiger partial charge >= 0.3 is 0 Å². The zero-order valence-electron chi connectivity index (χ0n) is 12.3. The van der Waals surface area contributed by atoms with Crippen LogP contribution in [0.25, 0.3) is 0 Å². The van der Waals surface area contributed by atoms with E-state index in [1.807, 2.05) is 18.7 Å². The van der Waals surface area contributed by atoms with Gasteiger partial charge in [0, 0.05) is 25.4 Å². The summed E-state index contributed by atoms with van der Waals surface area (Å²) in [4.78, 5) is 14.5. The maximum absolute atomic E-state index is 12.7.